The molecule has 1 unspecified atom stereocenters. The summed E-state index contributed by atoms with van der Waals surface area (Å²) in [6.07, 6.45) is 0.636. The summed E-state index contributed by atoms with van der Waals surface area (Å²) in [6.45, 7) is 7.79. The van der Waals surface area contributed by atoms with Gasteiger partial charge in [-0.15, -0.1) is 0 Å². The molecule has 0 aromatic heterocycles. The Kier molecular flexibility index (Phi) is 5.94. The van der Waals surface area contributed by atoms with Gasteiger partial charge in [0.15, 0.2) is 0 Å². The molecule has 152 valence electrons. The lowest BCUT2D eigenvalue weighted by atomic mass is 9.94. The van der Waals surface area contributed by atoms with E-state index in [-0.39, 0.29) is 24.1 Å². The van der Waals surface area contributed by atoms with Gasteiger partial charge >= 0.3 is 0 Å². The molecule has 3 amide bonds. The molecule has 1 heterocycles. The Morgan fingerprint density at radius 1 is 1.10 bits per heavy atom. The molecule has 1 aliphatic heterocycles. The molecule has 2 aromatic rings. The molecule has 3 rings (SSSR count). The van der Waals surface area contributed by atoms with Crippen LogP contribution < -0.4 is 4.90 Å². The number of rotatable bonds is 5. The van der Waals surface area contributed by atoms with Crippen molar-refractivity contribution in [2.75, 3.05) is 4.90 Å². The molecule has 1 aliphatic rings. The number of benzene rings is 2. The van der Waals surface area contributed by atoms with Gasteiger partial charge in [0, 0.05) is 15.6 Å². The molecule has 0 aliphatic carbocycles. The van der Waals surface area contributed by atoms with Crippen molar-refractivity contribution >= 4 is 39.3 Å². The average molecular weight is 457 g/mol. The van der Waals surface area contributed by atoms with E-state index < -0.39 is 11.6 Å². The van der Waals surface area contributed by atoms with Crippen LogP contribution in [0, 0.1) is 6.92 Å². The number of anilines is 1. The van der Waals surface area contributed by atoms with E-state index in [2.05, 4.69) is 15.9 Å². The van der Waals surface area contributed by atoms with Crippen molar-refractivity contribution < 1.29 is 14.4 Å². The zero-order valence-electron chi connectivity index (χ0n) is 17.1. The summed E-state index contributed by atoms with van der Waals surface area (Å²) < 4.78 is 0.861. The van der Waals surface area contributed by atoms with Gasteiger partial charge in [0.25, 0.3) is 11.8 Å². The molecule has 1 fully saturated rings. The second kappa shape index (κ2) is 8.11. The Morgan fingerprint density at radius 2 is 1.69 bits per heavy atom. The minimum absolute atomic E-state index is 0.0179. The van der Waals surface area contributed by atoms with Crippen molar-refractivity contribution in [2.24, 2.45) is 0 Å². The third-order valence-corrected chi connectivity index (χ3v) is 6.08. The number of carbonyl (C=O) groups is 3. The van der Waals surface area contributed by atoms with Crippen molar-refractivity contribution in [3.63, 3.8) is 0 Å². The number of aryl methyl sites for hydroxylation is 1. The number of hydrogen-bond acceptors (Lipinski definition) is 3. The molecule has 0 saturated carbocycles. The van der Waals surface area contributed by atoms with Crippen LogP contribution in [0.2, 0.25) is 0 Å². The lowest BCUT2D eigenvalue weighted by molar-refractivity contribution is -0.123. The van der Waals surface area contributed by atoms with Crippen LogP contribution in [0.4, 0.5) is 5.69 Å². The lowest BCUT2D eigenvalue weighted by Gasteiger charge is -2.41. The molecule has 1 atom stereocenters. The summed E-state index contributed by atoms with van der Waals surface area (Å²) in [6, 6.07) is 13.5. The second-order valence-electron chi connectivity index (χ2n) is 7.97. The zero-order valence-corrected chi connectivity index (χ0v) is 18.7. The maximum Gasteiger partial charge on any atom is 0.257 e. The highest BCUT2D eigenvalue weighted by molar-refractivity contribution is 9.10. The Balaban J connectivity index is 1.99. The van der Waals surface area contributed by atoms with Crippen molar-refractivity contribution in [1.82, 2.24) is 4.90 Å². The first-order valence-electron chi connectivity index (χ1n) is 9.68. The number of carbonyl (C=O) groups excluding carboxylic acids is 3. The Morgan fingerprint density at radius 3 is 2.24 bits per heavy atom. The largest absolute Gasteiger partial charge is 0.321 e. The van der Waals surface area contributed by atoms with E-state index in [9.17, 15) is 14.4 Å². The molecule has 5 nitrogen and oxygen atoms in total. The summed E-state index contributed by atoms with van der Waals surface area (Å²) in [4.78, 5) is 42.3. The fourth-order valence-electron chi connectivity index (χ4n) is 3.52. The molecule has 0 spiro atoms. The summed E-state index contributed by atoms with van der Waals surface area (Å²) in [5.41, 5.74) is 1.50. The normalized spacial score (nSPS) is 17.0. The summed E-state index contributed by atoms with van der Waals surface area (Å²) in [7, 11) is 0. The van der Waals surface area contributed by atoms with Crippen LogP contribution in [0.15, 0.2) is 53.0 Å². The van der Waals surface area contributed by atoms with Crippen LogP contribution in [-0.2, 0) is 9.59 Å². The SMILES string of the molecule is CCC(C)(C)N(C(=O)c1ccc(C)cc1)C1CC(=O)N(c2ccc(Br)cc2)C1=O. The quantitative estimate of drug-likeness (QED) is 0.611. The van der Waals surface area contributed by atoms with E-state index in [0.717, 1.165) is 10.0 Å². The minimum Gasteiger partial charge on any atom is -0.321 e. The Hall–Kier alpha value is -2.47. The predicted octanol–water partition coefficient (Wildman–Crippen LogP) is 4.72. The summed E-state index contributed by atoms with van der Waals surface area (Å²) in [5.74, 6) is -0.893. The van der Waals surface area contributed by atoms with E-state index in [1.165, 1.54) is 4.90 Å². The molecule has 0 bridgehead atoms. The third-order valence-electron chi connectivity index (χ3n) is 5.55. The van der Waals surface area contributed by atoms with Crippen LogP contribution in [0.5, 0.6) is 0 Å². The molecule has 0 N–H and O–H groups in total. The molecule has 29 heavy (non-hydrogen) atoms. The van der Waals surface area contributed by atoms with Crippen LogP contribution in [0.1, 0.15) is 49.5 Å². The minimum atomic E-state index is -0.824. The highest BCUT2D eigenvalue weighted by Crippen LogP contribution is 2.32. The van der Waals surface area contributed by atoms with Crippen molar-refractivity contribution in [1.29, 1.82) is 0 Å². The molecule has 2 aromatic carbocycles. The van der Waals surface area contributed by atoms with Gasteiger partial charge in [-0.1, -0.05) is 40.5 Å². The van der Waals surface area contributed by atoms with Gasteiger partial charge in [-0.05, 0) is 63.6 Å². The number of nitrogens with zero attached hydrogens (tertiary/aromatic N) is 2. The van der Waals surface area contributed by atoms with Gasteiger partial charge in [0.05, 0.1) is 12.1 Å². The van der Waals surface area contributed by atoms with Crippen molar-refractivity contribution in [3.8, 4) is 0 Å². The average Bonchev–Trinajstić information content (AvgIpc) is 2.97. The van der Waals surface area contributed by atoms with Crippen LogP contribution in [0.3, 0.4) is 0 Å². The molecule has 0 radical (unpaired) electrons. The smallest absolute Gasteiger partial charge is 0.257 e. The first kappa shape index (κ1) is 21.2. The maximum atomic E-state index is 13.4. The molecular formula is C23H25BrN2O3. The van der Waals surface area contributed by atoms with Gasteiger partial charge in [-0.2, -0.15) is 0 Å². The number of amides is 3. The van der Waals surface area contributed by atoms with E-state index in [4.69, 9.17) is 0 Å². The summed E-state index contributed by atoms with van der Waals surface area (Å²) >= 11 is 3.36. The van der Waals surface area contributed by atoms with Crippen molar-refractivity contribution in [2.45, 2.75) is 52.1 Å². The maximum absolute atomic E-state index is 13.4. The van der Waals surface area contributed by atoms with E-state index in [0.29, 0.717) is 17.7 Å². The highest BCUT2D eigenvalue weighted by Gasteiger charge is 2.48. The standard InChI is InChI=1S/C23H25BrN2O3/c1-5-23(3,4)26(21(28)16-8-6-15(2)7-9-16)19-14-20(27)25(22(19)29)18-12-10-17(24)11-13-18/h6-13,19H,5,14H2,1-4H3. The summed E-state index contributed by atoms with van der Waals surface area (Å²) in [5, 5.41) is 0. The van der Waals surface area contributed by atoms with Gasteiger partial charge in [-0.3, -0.25) is 14.4 Å². The fourth-order valence-corrected chi connectivity index (χ4v) is 3.79. The zero-order chi connectivity index (χ0) is 21.3. The van der Waals surface area contributed by atoms with Gasteiger partial charge in [-0.25, -0.2) is 4.90 Å². The van der Waals surface area contributed by atoms with E-state index in [1.54, 1.807) is 41.3 Å². The molecule has 6 heteroatoms. The lowest BCUT2D eigenvalue weighted by Crippen LogP contribution is -2.55. The molecule has 1 saturated heterocycles. The first-order chi connectivity index (χ1) is 13.7. The monoisotopic (exact) mass is 456 g/mol. The van der Waals surface area contributed by atoms with Gasteiger partial charge in [0.1, 0.15) is 6.04 Å². The predicted molar refractivity (Wildman–Crippen MR) is 117 cm³/mol. The van der Waals surface area contributed by atoms with Gasteiger partial charge in [0.2, 0.25) is 5.91 Å². The Bertz CT molecular complexity index is 936. The Labute approximate surface area is 179 Å². The number of hydrogen-bond donors (Lipinski definition) is 0. The van der Waals surface area contributed by atoms with Crippen LogP contribution in [0.25, 0.3) is 0 Å². The fraction of sp³-hybridized carbons (Fsp3) is 0.348. The highest BCUT2D eigenvalue weighted by atomic mass is 79.9. The van der Waals surface area contributed by atoms with Crippen LogP contribution >= 0.6 is 15.9 Å². The number of halogens is 1. The number of imide groups is 1. The molecular weight excluding hydrogens is 432 g/mol. The van der Waals surface area contributed by atoms with Crippen molar-refractivity contribution in [3.05, 3.63) is 64.1 Å². The third kappa shape index (κ3) is 4.13. The first-order valence-corrected chi connectivity index (χ1v) is 10.5. The van der Waals surface area contributed by atoms with E-state index >= 15 is 0 Å². The van der Waals surface area contributed by atoms with Crippen LogP contribution in [-0.4, -0.2) is 34.2 Å². The topological polar surface area (TPSA) is 57.7 Å². The van der Waals surface area contributed by atoms with Gasteiger partial charge < -0.3 is 4.90 Å². The van der Waals surface area contributed by atoms with E-state index in [1.807, 2.05) is 39.8 Å². The second-order valence-corrected chi connectivity index (χ2v) is 8.89.